The molecule has 0 atom stereocenters. The molecule has 0 aliphatic carbocycles. The minimum absolute atomic E-state index is 0.0320. The van der Waals surface area contributed by atoms with Gasteiger partial charge >= 0.3 is 6.03 Å². The van der Waals surface area contributed by atoms with Gasteiger partial charge < -0.3 is 19.7 Å². The predicted octanol–water partition coefficient (Wildman–Crippen LogP) is 3.50. The molecule has 0 bridgehead atoms. The number of thiazole rings is 1. The third kappa shape index (κ3) is 3.88. The van der Waals surface area contributed by atoms with E-state index in [1.54, 1.807) is 48.7 Å². The fourth-order valence-corrected chi connectivity index (χ4v) is 4.26. The lowest BCUT2D eigenvalue weighted by Gasteiger charge is -2.21. The Morgan fingerprint density at radius 1 is 1.17 bits per heavy atom. The van der Waals surface area contributed by atoms with Crippen LogP contribution in [0.2, 0.25) is 0 Å². The molecule has 3 amide bonds. The number of aromatic nitrogens is 1. The van der Waals surface area contributed by atoms with Crippen LogP contribution in [0.5, 0.6) is 11.5 Å². The van der Waals surface area contributed by atoms with Crippen LogP contribution in [0.15, 0.2) is 36.4 Å². The van der Waals surface area contributed by atoms with Gasteiger partial charge in [0.05, 0.1) is 35.1 Å². The zero-order valence-corrected chi connectivity index (χ0v) is 17.8. The normalized spacial score (nSPS) is 13.8. The number of fused-ring (bicyclic) bond motifs is 1. The van der Waals surface area contributed by atoms with Crippen molar-refractivity contribution in [3.63, 3.8) is 0 Å². The van der Waals surface area contributed by atoms with Gasteiger partial charge in [-0.3, -0.25) is 9.69 Å². The molecule has 3 aromatic rings. The summed E-state index contributed by atoms with van der Waals surface area (Å²) in [5.41, 5.74) is 2.13. The second kappa shape index (κ2) is 8.19. The molecule has 156 valence electrons. The largest absolute Gasteiger partial charge is 0.497 e. The van der Waals surface area contributed by atoms with Gasteiger partial charge in [-0.15, -0.1) is 11.3 Å². The Morgan fingerprint density at radius 2 is 2.00 bits per heavy atom. The number of hydrogen-bond acceptors (Lipinski definition) is 6. The molecule has 0 spiro atoms. The van der Waals surface area contributed by atoms with E-state index in [9.17, 15) is 9.59 Å². The molecule has 1 aliphatic rings. The lowest BCUT2D eigenvalue weighted by atomic mass is 10.2. The third-order valence-corrected chi connectivity index (χ3v) is 5.84. The van der Waals surface area contributed by atoms with Gasteiger partial charge in [-0.05, 0) is 37.3 Å². The minimum Gasteiger partial charge on any atom is -0.497 e. The molecular formula is C21H22N4O4S. The van der Waals surface area contributed by atoms with Crippen molar-refractivity contribution in [1.82, 2.24) is 9.88 Å². The number of carbonyl (C=O) groups excluding carboxylic acids is 2. The molecule has 1 aliphatic heterocycles. The van der Waals surface area contributed by atoms with Crippen molar-refractivity contribution in [2.24, 2.45) is 0 Å². The van der Waals surface area contributed by atoms with Crippen molar-refractivity contribution in [2.45, 2.75) is 6.92 Å². The van der Waals surface area contributed by atoms with Gasteiger partial charge in [0.15, 0.2) is 0 Å². The average Bonchev–Trinajstić information content (AvgIpc) is 3.28. The number of methoxy groups -OCH3 is 2. The number of hydrogen-bond donors (Lipinski definition) is 1. The summed E-state index contributed by atoms with van der Waals surface area (Å²) in [5.74, 6) is 0.943. The van der Waals surface area contributed by atoms with Gasteiger partial charge in [0.1, 0.15) is 18.0 Å². The Kier molecular flexibility index (Phi) is 5.45. The van der Waals surface area contributed by atoms with Crippen LogP contribution in [0.25, 0.3) is 10.2 Å². The van der Waals surface area contributed by atoms with Crippen molar-refractivity contribution in [1.29, 1.82) is 0 Å². The first-order valence-electron chi connectivity index (χ1n) is 9.44. The third-order valence-electron chi connectivity index (χ3n) is 4.88. The summed E-state index contributed by atoms with van der Waals surface area (Å²) in [6.45, 7) is 2.82. The van der Waals surface area contributed by atoms with E-state index in [1.165, 1.54) is 4.90 Å². The maximum atomic E-state index is 12.9. The average molecular weight is 426 g/mol. The molecule has 0 unspecified atom stereocenters. The van der Waals surface area contributed by atoms with Crippen LogP contribution in [0.3, 0.4) is 0 Å². The molecule has 1 saturated heterocycles. The first-order valence-corrected chi connectivity index (χ1v) is 10.3. The Hall–Kier alpha value is -3.33. The summed E-state index contributed by atoms with van der Waals surface area (Å²) in [7, 11) is 3.12. The van der Waals surface area contributed by atoms with Crippen LogP contribution in [-0.2, 0) is 4.79 Å². The monoisotopic (exact) mass is 426 g/mol. The first-order chi connectivity index (χ1) is 14.5. The number of ether oxygens (including phenoxy) is 2. The first kappa shape index (κ1) is 20.0. The van der Waals surface area contributed by atoms with Crippen molar-refractivity contribution >= 4 is 44.9 Å². The zero-order chi connectivity index (χ0) is 21.3. The molecule has 1 aromatic heterocycles. The van der Waals surface area contributed by atoms with Gasteiger partial charge in [0.2, 0.25) is 5.91 Å². The van der Waals surface area contributed by atoms with E-state index >= 15 is 0 Å². The van der Waals surface area contributed by atoms with Gasteiger partial charge in [-0.2, -0.15) is 0 Å². The highest BCUT2D eigenvalue weighted by atomic mass is 32.1. The molecule has 30 heavy (non-hydrogen) atoms. The lowest BCUT2D eigenvalue weighted by Crippen LogP contribution is -2.37. The second-order valence-electron chi connectivity index (χ2n) is 6.86. The van der Waals surface area contributed by atoms with E-state index in [0.717, 1.165) is 15.2 Å². The molecule has 9 heteroatoms. The lowest BCUT2D eigenvalue weighted by molar-refractivity contribution is -0.116. The fraction of sp³-hybridized carbons (Fsp3) is 0.286. The summed E-state index contributed by atoms with van der Waals surface area (Å²) in [6, 6.07) is 10.7. The maximum absolute atomic E-state index is 12.9. The highest BCUT2D eigenvalue weighted by Gasteiger charge is 2.32. The topological polar surface area (TPSA) is 84.0 Å². The Morgan fingerprint density at radius 3 is 2.77 bits per heavy atom. The smallest absolute Gasteiger partial charge is 0.325 e. The number of nitrogens with one attached hydrogen (secondary N) is 1. The van der Waals surface area contributed by atoms with E-state index in [1.807, 2.05) is 25.1 Å². The molecule has 1 fully saturated rings. The van der Waals surface area contributed by atoms with Crippen LogP contribution in [0.1, 0.15) is 5.01 Å². The van der Waals surface area contributed by atoms with Crippen molar-refractivity contribution in [3.8, 4) is 11.5 Å². The molecule has 4 rings (SSSR count). The van der Waals surface area contributed by atoms with Gasteiger partial charge in [0, 0.05) is 24.8 Å². The number of amides is 3. The van der Waals surface area contributed by atoms with Gasteiger partial charge in [-0.25, -0.2) is 9.78 Å². The fourth-order valence-electron chi connectivity index (χ4n) is 3.45. The van der Waals surface area contributed by atoms with Crippen LogP contribution in [-0.4, -0.2) is 55.7 Å². The number of carbonyl (C=O) groups is 2. The van der Waals surface area contributed by atoms with E-state index in [0.29, 0.717) is 36.0 Å². The molecule has 1 N–H and O–H groups in total. The van der Waals surface area contributed by atoms with Crippen molar-refractivity contribution < 1.29 is 19.1 Å². The summed E-state index contributed by atoms with van der Waals surface area (Å²) in [5, 5.41) is 3.83. The van der Waals surface area contributed by atoms with Crippen LogP contribution < -0.4 is 19.7 Å². The maximum Gasteiger partial charge on any atom is 0.325 e. The van der Waals surface area contributed by atoms with Gasteiger partial charge in [0.25, 0.3) is 0 Å². The van der Waals surface area contributed by atoms with Crippen LogP contribution >= 0.6 is 11.3 Å². The number of rotatable bonds is 6. The minimum atomic E-state index is -0.255. The van der Waals surface area contributed by atoms with E-state index in [2.05, 4.69) is 10.3 Å². The molecule has 2 heterocycles. The number of aryl methyl sites for hydroxylation is 1. The number of benzene rings is 2. The van der Waals surface area contributed by atoms with E-state index in [-0.39, 0.29) is 18.5 Å². The Bertz CT molecular complexity index is 1110. The highest BCUT2D eigenvalue weighted by molar-refractivity contribution is 7.18. The standard InChI is InChI=1S/C21H22N4O4S/c1-13-22-16-10-14(4-7-19(16)30-13)23-20(26)12-24-8-9-25(21(24)27)17-11-15(28-2)5-6-18(17)29-3/h4-7,10-11H,8-9,12H2,1-3H3,(H,23,26). The zero-order valence-electron chi connectivity index (χ0n) is 17.0. The Balaban J connectivity index is 1.44. The summed E-state index contributed by atoms with van der Waals surface area (Å²) in [4.78, 5) is 33.0. The van der Waals surface area contributed by atoms with Crippen LogP contribution in [0, 0.1) is 6.92 Å². The van der Waals surface area contributed by atoms with Crippen LogP contribution in [0.4, 0.5) is 16.2 Å². The molecule has 2 aromatic carbocycles. The quantitative estimate of drug-likeness (QED) is 0.652. The number of nitrogens with zero attached hydrogens (tertiary/aromatic N) is 3. The van der Waals surface area contributed by atoms with Crippen molar-refractivity contribution in [3.05, 3.63) is 41.4 Å². The van der Waals surface area contributed by atoms with E-state index in [4.69, 9.17) is 9.47 Å². The molecule has 8 nitrogen and oxygen atoms in total. The summed E-state index contributed by atoms with van der Waals surface area (Å²) in [6.07, 6.45) is 0. The highest BCUT2D eigenvalue weighted by Crippen LogP contribution is 2.34. The SMILES string of the molecule is COc1ccc(OC)c(N2CCN(CC(=O)Nc3ccc4sc(C)nc4c3)C2=O)c1. The van der Waals surface area contributed by atoms with E-state index < -0.39 is 0 Å². The number of urea groups is 1. The predicted molar refractivity (Wildman–Crippen MR) is 117 cm³/mol. The summed E-state index contributed by atoms with van der Waals surface area (Å²) < 4.78 is 11.7. The molecular weight excluding hydrogens is 404 g/mol. The van der Waals surface area contributed by atoms with Gasteiger partial charge in [-0.1, -0.05) is 0 Å². The molecule has 0 saturated carbocycles. The Labute approximate surface area is 178 Å². The number of anilines is 2. The summed E-state index contributed by atoms with van der Waals surface area (Å²) >= 11 is 1.61. The van der Waals surface area contributed by atoms with Crippen molar-refractivity contribution in [2.75, 3.05) is 44.1 Å². The molecule has 0 radical (unpaired) electrons. The second-order valence-corrected chi connectivity index (χ2v) is 8.09.